The fourth-order valence-corrected chi connectivity index (χ4v) is 2.81. The Labute approximate surface area is 165 Å². The van der Waals surface area contributed by atoms with Crippen LogP contribution in [0.1, 0.15) is 29.8 Å². The summed E-state index contributed by atoms with van der Waals surface area (Å²) in [6.07, 6.45) is 0. The molecule has 7 heteroatoms. The molecule has 2 aromatic carbocycles. The molecule has 144 valence electrons. The van der Waals surface area contributed by atoms with Crippen molar-refractivity contribution in [2.24, 2.45) is 10.7 Å². The number of amides is 1. The predicted octanol–water partition coefficient (Wildman–Crippen LogP) is 3.76. The lowest BCUT2D eigenvalue weighted by atomic mass is 10.1. The molecule has 0 aliphatic carbocycles. The molecule has 0 saturated carbocycles. The van der Waals surface area contributed by atoms with Crippen molar-refractivity contribution >= 4 is 29.2 Å². The summed E-state index contributed by atoms with van der Waals surface area (Å²) in [6, 6.07) is 12.7. The van der Waals surface area contributed by atoms with E-state index in [-0.39, 0.29) is 11.9 Å². The molecule has 0 saturated heterocycles. The van der Waals surface area contributed by atoms with Crippen molar-refractivity contribution in [1.82, 2.24) is 4.90 Å². The maximum Gasteiger partial charge on any atom is 0.253 e. The van der Waals surface area contributed by atoms with Crippen LogP contribution >= 0.6 is 11.6 Å². The highest BCUT2D eigenvalue weighted by molar-refractivity contribution is 6.32. The summed E-state index contributed by atoms with van der Waals surface area (Å²) < 4.78 is 5.12. The van der Waals surface area contributed by atoms with Gasteiger partial charge in [-0.3, -0.25) is 4.79 Å². The number of rotatable bonds is 7. The summed E-state index contributed by atoms with van der Waals surface area (Å²) in [5, 5.41) is 3.48. The number of aliphatic imine (C=N–C) groups is 1. The van der Waals surface area contributed by atoms with Crippen molar-refractivity contribution in [1.29, 1.82) is 0 Å². The molecule has 0 aromatic heterocycles. The molecule has 0 aliphatic heterocycles. The van der Waals surface area contributed by atoms with E-state index in [2.05, 4.69) is 10.3 Å². The fourth-order valence-electron chi connectivity index (χ4n) is 2.55. The second-order valence-corrected chi connectivity index (χ2v) is 6.26. The number of nitrogens with one attached hydrogen (secondary N) is 1. The van der Waals surface area contributed by atoms with Crippen molar-refractivity contribution in [3.8, 4) is 5.75 Å². The molecule has 0 aliphatic rings. The number of hydrogen-bond donors (Lipinski definition) is 2. The third-order valence-electron chi connectivity index (χ3n) is 4.11. The molecule has 0 heterocycles. The minimum Gasteiger partial charge on any atom is -0.495 e. The molecular formula is C20H25ClN4O2. The van der Waals surface area contributed by atoms with Gasteiger partial charge in [-0.25, -0.2) is 4.99 Å². The number of ether oxygens (including phenoxy) is 1. The number of methoxy groups -OCH3 is 1. The predicted molar refractivity (Wildman–Crippen MR) is 111 cm³/mol. The molecule has 0 radical (unpaired) electrons. The summed E-state index contributed by atoms with van der Waals surface area (Å²) in [4.78, 5) is 18.4. The summed E-state index contributed by atoms with van der Waals surface area (Å²) >= 11 is 6.09. The maximum atomic E-state index is 12.3. The molecule has 0 spiro atoms. The Balaban J connectivity index is 1.98. The van der Waals surface area contributed by atoms with Gasteiger partial charge in [-0.05, 0) is 49.7 Å². The Morgan fingerprint density at radius 3 is 2.41 bits per heavy atom. The molecule has 2 rings (SSSR count). The molecule has 2 aromatic rings. The first-order valence-electron chi connectivity index (χ1n) is 8.77. The van der Waals surface area contributed by atoms with Gasteiger partial charge in [0.05, 0.1) is 18.7 Å². The van der Waals surface area contributed by atoms with Crippen LogP contribution in [-0.2, 0) is 6.54 Å². The quantitative estimate of drug-likeness (QED) is 0.559. The molecule has 0 fully saturated rings. The molecular weight excluding hydrogens is 364 g/mol. The third-order valence-corrected chi connectivity index (χ3v) is 4.40. The number of benzene rings is 2. The molecule has 0 unspecified atom stereocenters. The lowest BCUT2D eigenvalue weighted by Crippen LogP contribution is -2.30. The Morgan fingerprint density at radius 2 is 1.85 bits per heavy atom. The van der Waals surface area contributed by atoms with Crippen molar-refractivity contribution in [2.75, 3.05) is 25.5 Å². The minimum absolute atomic E-state index is 0.0348. The Kier molecular flexibility index (Phi) is 7.49. The first kappa shape index (κ1) is 20.6. The van der Waals surface area contributed by atoms with Crippen LogP contribution in [-0.4, -0.2) is 37.0 Å². The highest BCUT2D eigenvalue weighted by Gasteiger charge is 2.11. The Morgan fingerprint density at radius 1 is 1.19 bits per heavy atom. The zero-order valence-corrected chi connectivity index (χ0v) is 16.6. The van der Waals surface area contributed by atoms with Gasteiger partial charge >= 0.3 is 0 Å². The molecule has 0 bridgehead atoms. The van der Waals surface area contributed by atoms with Crippen LogP contribution in [0.4, 0.5) is 5.69 Å². The van der Waals surface area contributed by atoms with Crippen LogP contribution in [0, 0.1) is 0 Å². The van der Waals surface area contributed by atoms with Crippen molar-refractivity contribution in [3.63, 3.8) is 0 Å². The van der Waals surface area contributed by atoms with E-state index in [0.29, 0.717) is 36.0 Å². The van der Waals surface area contributed by atoms with Gasteiger partial charge in [0.25, 0.3) is 5.91 Å². The zero-order valence-electron chi connectivity index (χ0n) is 15.8. The highest BCUT2D eigenvalue weighted by Crippen LogP contribution is 2.27. The van der Waals surface area contributed by atoms with Crippen LogP contribution in [0.3, 0.4) is 0 Å². The second-order valence-electron chi connectivity index (χ2n) is 5.85. The van der Waals surface area contributed by atoms with Crippen molar-refractivity contribution < 1.29 is 9.53 Å². The highest BCUT2D eigenvalue weighted by atomic mass is 35.5. The SMILES string of the molecule is CCN(CC)C(=O)c1ccc(CN=C(N)Nc2ccc(OC)c(Cl)c2)cc1. The number of halogens is 1. The van der Waals surface area contributed by atoms with E-state index in [1.807, 2.05) is 38.1 Å². The van der Waals surface area contributed by atoms with E-state index >= 15 is 0 Å². The van der Waals surface area contributed by atoms with Gasteiger partial charge < -0.3 is 20.7 Å². The van der Waals surface area contributed by atoms with Gasteiger partial charge in [-0.1, -0.05) is 23.7 Å². The smallest absolute Gasteiger partial charge is 0.253 e. The van der Waals surface area contributed by atoms with E-state index in [9.17, 15) is 4.79 Å². The number of carbonyl (C=O) groups excluding carboxylic acids is 1. The minimum atomic E-state index is 0.0348. The standard InChI is InChI=1S/C20H25ClN4O2/c1-4-25(5-2)19(26)15-8-6-14(7-9-15)13-23-20(22)24-16-10-11-18(27-3)17(21)12-16/h6-12H,4-5,13H2,1-3H3,(H3,22,23,24). The number of nitrogens with zero attached hydrogens (tertiary/aromatic N) is 2. The summed E-state index contributed by atoms with van der Waals surface area (Å²) in [6.45, 7) is 5.73. The number of anilines is 1. The summed E-state index contributed by atoms with van der Waals surface area (Å²) in [7, 11) is 1.56. The largest absolute Gasteiger partial charge is 0.495 e. The number of hydrogen-bond acceptors (Lipinski definition) is 3. The fraction of sp³-hybridized carbons (Fsp3) is 0.300. The average Bonchev–Trinajstić information content (AvgIpc) is 2.68. The van der Waals surface area contributed by atoms with E-state index in [1.54, 1.807) is 30.2 Å². The first-order valence-corrected chi connectivity index (χ1v) is 9.15. The maximum absolute atomic E-state index is 12.3. The van der Waals surface area contributed by atoms with Crippen LogP contribution in [0.2, 0.25) is 5.02 Å². The Hall–Kier alpha value is -2.73. The van der Waals surface area contributed by atoms with E-state index in [1.165, 1.54) is 0 Å². The third kappa shape index (κ3) is 5.62. The molecule has 3 N–H and O–H groups in total. The van der Waals surface area contributed by atoms with Gasteiger partial charge in [-0.2, -0.15) is 0 Å². The number of carbonyl (C=O) groups is 1. The number of guanidine groups is 1. The van der Waals surface area contributed by atoms with E-state index in [4.69, 9.17) is 22.1 Å². The van der Waals surface area contributed by atoms with Crippen molar-refractivity contribution in [2.45, 2.75) is 20.4 Å². The molecule has 6 nitrogen and oxygen atoms in total. The lowest BCUT2D eigenvalue weighted by Gasteiger charge is -2.18. The van der Waals surface area contributed by atoms with Crippen molar-refractivity contribution in [3.05, 3.63) is 58.6 Å². The molecule has 27 heavy (non-hydrogen) atoms. The first-order chi connectivity index (χ1) is 13.0. The molecule has 0 atom stereocenters. The summed E-state index contributed by atoms with van der Waals surface area (Å²) in [5.74, 6) is 0.907. The molecule has 1 amide bonds. The normalized spacial score (nSPS) is 11.2. The average molecular weight is 389 g/mol. The van der Waals surface area contributed by atoms with Gasteiger partial charge in [0.1, 0.15) is 5.75 Å². The Bertz CT molecular complexity index is 802. The van der Waals surface area contributed by atoms with Crippen LogP contribution in [0.15, 0.2) is 47.5 Å². The van der Waals surface area contributed by atoms with E-state index < -0.39 is 0 Å². The van der Waals surface area contributed by atoms with Gasteiger partial charge in [-0.15, -0.1) is 0 Å². The van der Waals surface area contributed by atoms with Crippen LogP contribution < -0.4 is 15.8 Å². The van der Waals surface area contributed by atoms with Gasteiger partial charge in [0.2, 0.25) is 0 Å². The monoisotopic (exact) mass is 388 g/mol. The zero-order chi connectivity index (χ0) is 19.8. The lowest BCUT2D eigenvalue weighted by molar-refractivity contribution is 0.0773. The van der Waals surface area contributed by atoms with Crippen LogP contribution in [0.5, 0.6) is 5.75 Å². The van der Waals surface area contributed by atoms with E-state index in [0.717, 1.165) is 11.3 Å². The van der Waals surface area contributed by atoms with Gasteiger partial charge in [0.15, 0.2) is 5.96 Å². The summed E-state index contributed by atoms with van der Waals surface area (Å²) in [5.41, 5.74) is 8.29. The second kappa shape index (κ2) is 9.83. The topological polar surface area (TPSA) is 80.0 Å². The van der Waals surface area contributed by atoms with Crippen LogP contribution in [0.25, 0.3) is 0 Å². The number of nitrogens with two attached hydrogens (primary N) is 1. The van der Waals surface area contributed by atoms with Gasteiger partial charge in [0, 0.05) is 24.3 Å².